The van der Waals surface area contributed by atoms with Crippen molar-refractivity contribution in [3.8, 4) is 0 Å². The van der Waals surface area contributed by atoms with Crippen molar-refractivity contribution in [1.82, 2.24) is 10.2 Å². The molecule has 1 spiro atoms. The summed E-state index contributed by atoms with van der Waals surface area (Å²) in [6, 6.07) is 5.42. The van der Waals surface area contributed by atoms with Crippen LogP contribution in [-0.4, -0.2) is 29.6 Å². The smallest absolute Gasteiger partial charge is 0.129 e. The van der Waals surface area contributed by atoms with Gasteiger partial charge in [-0.1, -0.05) is 30.5 Å². The molecule has 0 bridgehead atoms. The van der Waals surface area contributed by atoms with Gasteiger partial charge in [-0.2, -0.15) is 0 Å². The van der Waals surface area contributed by atoms with Crippen LogP contribution in [0.3, 0.4) is 0 Å². The molecule has 1 aromatic carbocycles. The standard InChI is InChI=1S/C16H22ClFN2/c1-12-9-20(16(11-19-12)7-2-3-8-16)10-13-14(17)5-4-6-15(13)18/h4-6,12,19H,2-3,7-11H2,1H3. The number of rotatable bonds is 2. The molecule has 2 fully saturated rings. The molecule has 1 saturated heterocycles. The molecule has 0 radical (unpaired) electrons. The Morgan fingerprint density at radius 2 is 2.15 bits per heavy atom. The minimum absolute atomic E-state index is 0.183. The molecule has 2 aliphatic rings. The lowest BCUT2D eigenvalue weighted by atomic mass is 9.90. The van der Waals surface area contributed by atoms with Crippen LogP contribution < -0.4 is 5.32 Å². The van der Waals surface area contributed by atoms with Gasteiger partial charge >= 0.3 is 0 Å². The van der Waals surface area contributed by atoms with Gasteiger partial charge < -0.3 is 5.32 Å². The molecule has 1 aromatic rings. The SMILES string of the molecule is CC1CN(Cc2c(F)cccc2Cl)C2(CCCC2)CN1. The molecular formula is C16H22ClFN2. The highest BCUT2D eigenvalue weighted by Crippen LogP contribution is 2.38. The first-order valence-electron chi connectivity index (χ1n) is 7.52. The van der Waals surface area contributed by atoms with Gasteiger partial charge in [-0.05, 0) is 31.9 Å². The van der Waals surface area contributed by atoms with Gasteiger partial charge in [-0.25, -0.2) is 4.39 Å². The fourth-order valence-electron chi connectivity index (χ4n) is 3.70. The first-order valence-corrected chi connectivity index (χ1v) is 7.90. The van der Waals surface area contributed by atoms with E-state index < -0.39 is 0 Å². The molecule has 0 amide bonds. The Balaban J connectivity index is 1.86. The molecule has 1 unspecified atom stereocenters. The number of hydrogen-bond donors (Lipinski definition) is 1. The highest BCUT2D eigenvalue weighted by atomic mass is 35.5. The second-order valence-corrected chi connectivity index (χ2v) is 6.70. The van der Waals surface area contributed by atoms with Crippen LogP contribution in [0, 0.1) is 5.82 Å². The molecule has 2 nitrogen and oxygen atoms in total. The third-order valence-electron chi connectivity index (χ3n) is 4.89. The summed E-state index contributed by atoms with van der Waals surface area (Å²) >= 11 is 6.20. The maximum absolute atomic E-state index is 14.1. The molecule has 20 heavy (non-hydrogen) atoms. The van der Waals surface area contributed by atoms with E-state index in [-0.39, 0.29) is 11.4 Å². The van der Waals surface area contributed by atoms with E-state index in [9.17, 15) is 4.39 Å². The monoisotopic (exact) mass is 296 g/mol. The van der Waals surface area contributed by atoms with Crippen LogP contribution in [-0.2, 0) is 6.54 Å². The Kier molecular flexibility index (Phi) is 4.02. The number of nitrogens with one attached hydrogen (secondary N) is 1. The van der Waals surface area contributed by atoms with Crippen LogP contribution in [0.5, 0.6) is 0 Å². The highest BCUT2D eigenvalue weighted by Gasteiger charge is 2.42. The molecule has 4 heteroatoms. The predicted molar refractivity (Wildman–Crippen MR) is 80.5 cm³/mol. The number of nitrogens with zero attached hydrogens (tertiary/aromatic N) is 1. The maximum Gasteiger partial charge on any atom is 0.129 e. The zero-order valence-electron chi connectivity index (χ0n) is 12.0. The lowest BCUT2D eigenvalue weighted by Gasteiger charge is -2.48. The largest absolute Gasteiger partial charge is 0.311 e. The van der Waals surface area contributed by atoms with E-state index in [1.165, 1.54) is 31.7 Å². The van der Waals surface area contributed by atoms with Crippen molar-refractivity contribution in [3.63, 3.8) is 0 Å². The predicted octanol–water partition coefficient (Wildman–Crippen LogP) is 3.59. The molecule has 3 rings (SSSR count). The van der Waals surface area contributed by atoms with Crippen LogP contribution >= 0.6 is 11.6 Å². The molecular weight excluding hydrogens is 275 g/mol. The Morgan fingerprint density at radius 3 is 2.85 bits per heavy atom. The molecule has 1 aliphatic carbocycles. The van der Waals surface area contributed by atoms with E-state index in [2.05, 4.69) is 17.1 Å². The fourth-order valence-corrected chi connectivity index (χ4v) is 3.92. The molecule has 0 aromatic heterocycles. The van der Waals surface area contributed by atoms with Gasteiger partial charge in [-0.3, -0.25) is 4.90 Å². The summed E-state index contributed by atoms with van der Waals surface area (Å²) in [7, 11) is 0. The van der Waals surface area contributed by atoms with Gasteiger partial charge in [0.15, 0.2) is 0 Å². The Labute approximate surface area is 125 Å². The fraction of sp³-hybridized carbons (Fsp3) is 0.625. The van der Waals surface area contributed by atoms with Crippen molar-refractivity contribution in [3.05, 3.63) is 34.6 Å². The molecule has 1 aliphatic heterocycles. The number of hydrogen-bond acceptors (Lipinski definition) is 2. The van der Waals surface area contributed by atoms with Crippen molar-refractivity contribution >= 4 is 11.6 Å². The van der Waals surface area contributed by atoms with Gasteiger partial charge in [0.2, 0.25) is 0 Å². The van der Waals surface area contributed by atoms with Crippen LogP contribution in [0.1, 0.15) is 38.2 Å². The molecule has 1 N–H and O–H groups in total. The summed E-state index contributed by atoms with van der Waals surface area (Å²) < 4.78 is 14.1. The first kappa shape index (κ1) is 14.3. The quantitative estimate of drug-likeness (QED) is 0.897. The van der Waals surface area contributed by atoms with Crippen molar-refractivity contribution in [2.45, 2.75) is 50.7 Å². The highest BCUT2D eigenvalue weighted by molar-refractivity contribution is 6.31. The van der Waals surface area contributed by atoms with Crippen LogP contribution in [0.25, 0.3) is 0 Å². The lowest BCUT2D eigenvalue weighted by Crippen LogP contribution is -2.62. The van der Waals surface area contributed by atoms with Gasteiger partial charge in [0.05, 0.1) is 0 Å². The van der Waals surface area contributed by atoms with E-state index in [0.717, 1.165) is 13.1 Å². The van der Waals surface area contributed by atoms with Crippen LogP contribution in [0.4, 0.5) is 4.39 Å². The van der Waals surface area contributed by atoms with Gasteiger partial charge in [-0.15, -0.1) is 0 Å². The Hall–Kier alpha value is -0.640. The van der Waals surface area contributed by atoms with Gasteiger partial charge in [0.1, 0.15) is 5.82 Å². The minimum atomic E-state index is -0.183. The van der Waals surface area contributed by atoms with Crippen molar-refractivity contribution in [2.24, 2.45) is 0 Å². The van der Waals surface area contributed by atoms with Crippen molar-refractivity contribution in [1.29, 1.82) is 0 Å². The second-order valence-electron chi connectivity index (χ2n) is 6.29. The normalized spacial score (nSPS) is 26.2. The zero-order valence-corrected chi connectivity index (χ0v) is 12.7. The minimum Gasteiger partial charge on any atom is -0.311 e. The number of piperazine rings is 1. The summed E-state index contributed by atoms with van der Waals surface area (Å²) in [4.78, 5) is 2.46. The number of benzene rings is 1. The summed E-state index contributed by atoms with van der Waals surface area (Å²) in [5.41, 5.74) is 0.854. The molecule has 110 valence electrons. The summed E-state index contributed by atoms with van der Waals surface area (Å²) in [5.74, 6) is -0.183. The summed E-state index contributed by atoms with van der Waals surface area (Å²) in [5, 5.41) is 4.14. The third kappa shape index (κ3) is 2.59. The van der Waals surface area contributed by atoms with E-state index in [1.54, 1.807) is 12.1 Å². The van der Waals surface area contributed by atoms with E-state index >= 15 is 0 Å². The van der Waals surface area contributed by atoms with E-state index in [0.29, 0.717) is 23.2 Å². The molecule has 1 atom stereocenters. The Bertz CT molecular complexity index is 465. The molecule has 1 heterocycles. The van der Waals surface area contributed by atoms with Crippen molar-refractivity contribution in [2.75, 3.05) is 13.1 Å². The summed E-state index contributed by atoms with van der Waals surface area (Å²) in [6.07, 6.45) is 4.96. The van der Waals surface area contributed by atoms with E-state index in [1.807, 2.05) is 0 Å². The lowest BCUT2D eigenvalue weighted by molar-refractivity contribution is 0.0384. The topological polar surface area (TPSA) is 15.3 Å². The zero-order chi connectivity index (χ0) is 14.2. The first-order chi connectivity index (χ1) is 9.61. The van der Waals surface area contributed by atoms with E-state index in [4.69, 9.17) is 11.6 Å². The van der Waals surface area contributed by atoms with Crippen LogP contribution in [0.2, 0.25) is 5.02 Å². The average molecular weight is 297 g/mol. The maximum atomic E-state index is 14.1. The summed E-state index contributed by atoms with van der Waals surface area (Å²) in [6.45, 7) is 4.79. The molecule has 1 saturated carbocycles. The Morgan fingerprint density at radius 1 is 1.40 bits per heavy atom. The van der Waals surface area contributed by atoms with Gasteiger partial charge in [0, 0.05) is 41.8 Å². The third-order valence-corrected chi connectivity index (χ3v) is 5.24. The van der Waals surface area contributed by atoms with Gasteiger partial charge in [0.25, 0.3) is 0 Å². The average Bonchev–Trinajstić information content (AvgIpc) is 2.88. The van der Waals surface area contributed by atoms with Crippen LogP contribution in [0.15, 0.2) is 18.2 Å². The van der Waals surface area contributed by atoms with Crippen molar-refractivity contribution < 1.29 is 4.39 Å². The number of halogens is 2. The second kappa shape index (κ2) is 5.63.